The van der Waals surface area contributed by atoms with Crippen LogP contribution in [0, 0.1) is 12.7 Å². The van der Waals surface area contributed by atoms with E-state index in [1.165, 1.54) is 30.4 Å². The number of halogens is 1. The second-order valence-electron chi connectivity index (χ2n) is 6.53. The lowest BCUT2D eigenvalue weighted by molar-refractivity contribution is -0.119. The molecule has 2 amide bonds. The first-order valence-electron chi connectivity index (χ1n) is 9.03. The van der Waals surface area contributed by atoms with Gasteiger partial charge in [-0.1, -0.05) is 12.1 Å². The maximum Gasteiger partial charge on any atom is 0.265 e. The van der Waals surface area contributed by atoms with E-state index in [0.717, 1.165) is 16.0 Å². The van der Waals surface area contributed by atoms with Gasteiger partial charge < -0.3 is 15.4 Å². The van der Waals surface area contributed by atoms with Crippen molar-refractivity contribution in [3.8, 4) is 5.75 Å². The van der Waals surface area contributed by atoms with E-state index in [1.807, 2.05) is 19.1 Å². The molecular weight excluding hydrogens is 391 g/mol. The minimum atomic E-state index is -0.297. The van der Waals surface area contributed by atoms with Gasteiger partial charge in [-0.05, 0) is 60.5 Å². The third-order valence-electron chi connectivity index (χ3n) is 4.14. The van der Waals surface area contributed by atoms with E-state index in [9.17, 15) is 14.0 Å². The number of anilines is 1. The van der Waals surface area contributed by atoms with E-state index in [0.29, 0.717) is 22.9 Å². The Bertz CT molecular complexity index is 1030. The Labute approximate surface area is 172 Å². The summed E-state index contributed by atoms with van der Waals surface area (Å²) in [6.07, 6.45) is 0. The van der Waals surface area contributed by atoms with Crippen LogP contribution in [0.3, 0.4) is 0 Å². The van der Waals surface area contributed by atoms with E-state index in [-0.39, 0.29) is 24.2 Å². The number of ether oxygens (including phenoxy) is 1. The Morgan fingerprint density at radius 1 is 1.10 bits per heavy atom. The van der Waals surface area contributed by atoms with E-state index in [2.05, 4.69) is 10.6 Å². The number of nitrogens with one attached hydrogen (secondary N) is 2. The van der Waals surface area contributed by atoms with Crippen molar-refractivity contribution < 1.29 is 18.7 Å². The van der Waals surface area contributed by atoms with Crippen LogP contribution in [0.2, 0.25) is 0 Å². The number of carbonyl (C=O) groups is 2. The van der Waals surface area contributed by atoms with E-state index >= 15 is 0 Å². The molecule has 0 aliphatic heterocycles. The molecule has 3 rings (SSSR count). The smallest absolute Gasteiger partial charge is 0.265 e. The van der Waals surface area contributed by atoms with Crippen LogP contribution in [-0.2, 0) is 17.9 Å². The fraction of sp³-hybridized carbons (Fsp3) is 0.182. The Morgan fingerprint density at radius 2 is 1.93 bits per heavy atom. The summed E-state index contributed by atoms with van der Waals surface area (Å²) in [5.41, 5.74) is 2.28. The summed E-state index contributed by atoms with van der Waals surface area (Å²) in [6, 6.07) is 15.2. The maximum absolute atomic E-state index is 13.2. The van der Waals surface area contributed by atoms with Crippen LogP contribution in [-0.4, -0.2) is 11.8 Å². The van der Waals surface area contributed by atoms with Gasteiger partial charge in [0.1, 0.15) is 18.2 Å². The van der Waals surface area contributed by atoms with Crippen LogP contribution in [0.5, 0.6) is 5.75 Å². The zero-order chi connectivity index (χ0) is 20.8. The molecule has 0 unspecified atom stereocenters. The number of aryl methyl sites for hydroxylation is 1. The highest BCUT2D eigenvalue weighted by Gasteiger charge is 2.12. The van der Waals surface area contributed by atoms with Gasteiger partial charge in [0.2, 0.25) is 5.91 Å². The van der Waals surface area contributed by atoms with Crippen molar-refractivity contribution >= 4 is 28.8 Å². The summed E-state index contributed by atoms with van der Waals surface area (Å²) in [6.45, 7) is 4.00. The molecule has 0 bridgehead atoms. The monoisotopic (exact) mass is 412 g/mol. The molecule has 7 heteroatoms. The second kappa shape index (κ2) is 9.34. The standard InChI is InChI=1S/C22H21FN2O3S/c1-14-10-18(28-13-16-4-3-5-17(23)11-16)6-8-20(14)25-22(27)21-9-7-19(29-21)12-24-15(2)26/h3-11H,12-13H2,1-2H3,(H,24,26)(H,25,27). The second-order valence-corrected chi connectivity index (χ2v) is 7.69. The maximum atomic E-state index is 13.2. The zero-order valence-electron chi connectivity index (χ0n) is 16.1. The summed E-state index contributed by atoms with van der Waals surface area (Å²) < 4.78 is 18.9. The van der Waals surface area contributed by atoms with Crippen molar-refractivity contribution in [3.05, 3.63) is 81.3 Å². The fourth-order valence-corrected chi connectivity index (χ4v) is 3.49. The van der Waals surface area contributed by atoms with Crippen molar-refractivity contribution in [2.24, 2.45) is 0 Å². The molecule has 150 valence electrons. The van der Waals surface area contributed by atoms with Crippen molar-refractivity contribution in [1.82, 2.24) is 5.32 Å². The van der Waals surface area contributed by atoms with E-state index in [4.69, 9.17) is 4.74 Å². The SMILES string of the molecule is CC(=O)NCc1ccc(C(=O)Nc2ccc(OCc3cccc(F)c3)cc2C)s1. The Hall–Kier alpha value is -3.19. The minimum Gasteiger partial charge on any atom is -0.489 e. The highest BCUT2D eigenvalue weighted by atomic mass is 32.1. The van der Waals surface area contributed by atoms with Crippen molar-refractivity contribution in [1.29, 1.82) is 0 Å². The topological polar surface area (TPSA) is 67.4 Å². The average Bonchev–Trinajstić information content (AvgIpc) is 3.16. The van der Waals surface area contributed by atoms with Gasteiger partial charge >= 0.3 is 0 Å². The van der Waals surface area contributed by atoms with Gasteiger partial charge in [0.25, 0.3) is 5.91 Å². The molecule has 0 aliphatic carbocycles. The lowest BCUT2D eigenvalue weighted by Gasteiger charge is -2.11. The fourth-order valence-electron chi connectivity index (χ4n) is 2.65. The summed E-state index contributed by atoms with van der Waals surface area (Å²) in [4.78, 5) is 25.0. The van der Waals surface area contributed by atoms with Gasteiger partial charge in [-0.25, -0.2) is 4.39 Å². The lowest BCUT2D eigenvalue weighted by atomic mass is 10.2. The molecule has 1 heterocycles. The van der Waals surface area contributed by atoms with Gasteiger partial charge in [-0.3, -0.25) is 9.59 Å². The molecule has 2 aromatic carbocycles. The first-order valence-corrected chi connectivity index (χ1v) is 9.85. The Morgan fingerprint density at radius 3 is 2.66 bits per heavy atom. The van der Waals surface area contributed by atoms with Crippen LogP contribution in [0.25, 0.3) is 0 Å². The van der Waals surface area contributed by atoms with Crippen molar-refractivity contribution in [3.63, 3.8) is 0 Å². The molecule has 0 saturated heterocycles. The molecule has 0 saturated carbocycles. The summed E-state index contributed by atoms with van der Waals surface area (Å²) in [7, 11) is 0. The largest absolute Gasteiger partial charge is 0.489 e. The number of benzene rings is 2. The molecule has 1 aromatic heterocycles. The molecule has 0 aliphatic rings. The van der Waals surface area contributed by atoms with Crippen LogP contribution < -0.4 is 15.4 Å². The van der Waals surface area contributed by atoms with Crippen molar-refractivity contribution in [2.75, 3.05) is 5.32 Å². The first-order chi connectivity index (χ1) is 13.9. The number of hydrogen-bond donors (Lipinski definition) is 2. The van der Waals surface area contributed by atoms with E-state index < -0.39 is 0 Å². The highest BCUT2D eigenvalue weighted by molar-refractivity contribution is 7.14. The summed E-state index contributed by atoms with van der Waals surface area (Å²) in [5, 5.41) is 5.60. The van der Waals surface area contributed by atoms with Crippen LogP contribution >= 0.6 is 11.3 Å². The summed E-state index contributed by atoms with van der Waals surface area (Å²) in [5.74, 6) is 0.0213. The molecular formula is C22H21FN2O3S. The van der Waals surface area contributed by atoms with Gasteiger partial charge in [0.05, 0.1) is 11.4 Å². The number of hydrogen-bond acceptors (Lipinski definition) is 4. The lowest BCUT2D eigenvalue weighted by Crippen LogP contribution is -2.18. The van der Waals surface area contributed by atoms with Crippen molar-refractivity contribution in [2.45, 2.75) is 27.0 Å². The molecule has 29 heavy (non-hydrogen) atoms. The van der Waals surface area contributed by atoms with Gasteiger partial charge in [-0.2, -0.15) is 0 Å². The molecule has 3 aromatic rings. The third kappa shape index (κ3) is 5.89. The van der Waals surface area contributed by atoms with Crippen LogP contribution in [0.15, 0.2) is 54.6 Å². The average molecular weight is 412 g/mol. The normalized spacial score (nSPS) is 10.4. The molecule has 2 N–H and O–H groups in total. The quantitative estimate of drug-likeness (QED) is 0.593. The van der Waals surface area contributed by atoms with E-state index in [1.54, 1.807) is 30.3 Å². The van der Waals surface area contributed by atoms with Crippen LogP contribution in [0.1, 0.15) is 32.6 Å². The van der Waals surface area contributed by atoms with Gasteiger partial charge in [0, 0.05) is 17.5 Å². The molecule has 0 spiro atoms. The summed E-state index contributed by atoms with van der Waals surface area (Å²) >= 11 is 1.34. The minimum absolute atomic E-state index is 0.111. The number of amides is 2. The Balaban J connectivity index is 1.60. The third-order valence-corrected chi connectivity index (χ3v) is 5.22. The first kappa shape index (κ1) is 20.5. The molecule has 0 radical (unpaired) electrons. The van der Waals surface area contributed by atoms with Gasteiger partial charge in [-0.15, -0.1) is 11.3 Å². The zero-order valence-corrected chi connectivity index (χ0v) is 16.9. The van der Waals surface area contributed by atoms with Gasteiger partial charge in [0.15, 0.2) is 0 Å². The molecule has 5 nitrogen and oxygen atoms in total. The highest BCUT2D eigenvalue weighted by Crippen LogP contribution is 2.24. The van der Waals surface area contributed by atoms with Crippen LogP contribution in [0.4, 0.5) is 10.1 Å². The molecule has 0 atom stereocenters. The number of rotatable bonds is 7. The number of carbonyl (C=O) groups excluding carboxylic acids is 2. The molecule has 0 fully saturated rings. The predicted octanol–water partition coefficient (Wildman–Crippen LogP) is 4.66. The predicted molar refractivity (Wildman–Crippen MR) is 112 cm³/mol. The number of thiophene rings is 1. The Kier molecular flexibility index (Phi) is 6.61.